The van der Waals surface area contributed by atoms with Crippen molar-refractivity contribution < 1.29 is 27.4 Å². The average molecular weight is 581 g/mol. The summed E-state index contributed by atoms with van der Waals surface area (Å²) in [6.45, 7) is 3.76. The van der Waals surface area contributed by atoms with Crippen LogP contribution in [-0.4, -0.2) is 69.8 Å². The lowest BCUT2D eigenvalue weighted by molar-refractivity contribution is 0.0730. The molecule has 1 aliphatic rings. The first-order valence-corrected chi connectivity index (χ1v) is 14.9. The Morgan fingerprint density at radius 1 is 1.07 bits per heavy atom. The molecule has 0 N–H and O–H groups in total. The Balaban J connectivity index is 1.46. The summed E-state index contributed by atoms with van der Waals surface area (Å²) in [6, 6.07) is 18.7. The summed E-state index contributed by atoms with van der Waals surface area (Å²) >= 11 is 1.29. The number of hydrogen-bond donors (Lipinski definition) is 0. The standard InChI is InChI=1S/C28H28N4O6S2/c1-3-38-22-8-4-20(5-9-22)19-29-32(28-30-25-13-10-23(36-2)18-26(25)39-28)27(33)21-6-11-24(12-7-21)40(34,35)31-14-16-37-17-15-31/h4-13,18-19H,3,14-17H2,1-2H3/b29-19+. The number of carbonyl (C=O) groups excluding carboxylic acids is 1. The van der Waals surface area contributed by atoms with E-state index in [2.05, 4.69) is 10.1 Å². The predicted octanol–water partition coefficient (Wildman–Crippen LogP) is 4.41. The summed E-state index contributed by atoms with van der Waals surface area (Å²) in [6.07, 6.45) is 1.57. The van der Waals surface area contributed by atoms with Gasteiger partial charge in [0.05, 0.1) is 48.3 Å². The van der Waals surface area contributed by atoms with Crippen LogP contribution in [0.4, 0.5) is 5.13 Å². The fourth-order valence-electron chi connectivity index (χ4n) is 4.07. The molecule has 0 bridgehead atoms. The van der Waals surface area contributed by atoms with Crippen molar-refractivity contribution in [3.63, 3.8) is 0 Å². The number of hydrazone groups is 1. The molecule has 0 spiro atoms. The number of thiazole rings is 1. The minimum atomic E-state index is -3.69. The van der Waals surface area contributed by atoms with Crippen molar-refractivity contribution in [1.82, 2.24) is 9.29 Å². The number of benzene rings is 3. The van der Waals surface area contributed by atoms with Gasteiger partial charge in [-0.3, -0.25) is 4.79 Å². The molecule has 1 aromatic heterocycles. The number of aromatic nitrogens is 1. The average Bonchev–Trinajstić information content (AvgIpc) is 3.41. The second-order valence-electron chi connectivity index (χ2n) is 8.73. The minimum Gasteiger partial charge on any atom is -0.497 e. The van der Waals surface area contributed by atoms with Gasteiger partial charge in [0, 0.05) is 18.7 Å². The topological polar surface area (TPSA) is 111 Å². The first-order chi connectivity index (χ1) is 19.4. The van der Waals surface area contributed by atoms with Crippen LogP contribution in [0.2, 0.25) is 0 Å². The number of sulfonamides is 1. The third-order valence-corrected chi connectivity index (χ3v) is 9.09. The van der Waals surface area contributed by atoms with Gasteiger partial charge in [-0.25, -0.2) is 13.4 Å². The van der Waals surface area contributed by atoms with Gasteiger partial charge in [-0.2, -0.15) is 14.4 Å². The Labute approximate surface area is 236 Å². The van der Waals surface area contributed by atoms with Crippen LogP contribution < -0.4 is 14.5 Å². The number of hydrogen-bond acceptors (Lipinski definition) is 9. The molecule has 1 amide bonds. The van der Waals surface area contributed by atoms with Crippen LogP contribution in [0.5, 0.6) is 11.5 Å². The maximum atomic E-state index is 13.7. The molecular formula is C28H28N4O6S2. The van der Waals surface area contributed by atoms with E-state index >= 15 is 0 Å². The zero-order valence-corrected chi connectivity index (χ0v) is 23.7. The molecule has 0 radical (unpaired) electrons. The molecular weight excluding hydrogens is 552 g/mol. The quantitative estimate of drug-likeness (QED) is 0.213. The summed E-state index contributed by atoms with van der Waals surface area (Å²) in [5.41, 5.74) is 1.72. The minimum absolute atomic E-state index is 0.113. The Morgan fingerprint density at radius 2 is 1.77 bits per heavy atom. The van der Waals surface area contributed by atoms with Gasteiger partial charge in [-0.15, -0.1) is 0 Å². The molecule has 4 aromatic rings. The van der Waals surface area contributed by atoms with Crippen LogP contribution in [0.15, 0.2) is 76.7 Å². The van der Waals surface area contributed by atoms with Crippen molar-refractivity contribution >= 4 is 48.8 Å². The summed E-state index contributed by atoms with van der Waals surface area (Å²) < 4.78 is 44.3. The van der Waals surface area contributed by atoms with Gasteiger partial charge in [-0.1, -0.05) is 11.3 Å². The van der Waals surface area contributed by atoms with Crippen molar-refractivity contribution in [2.75, 3.05) is 45.0 Å². The molecule has 5 rings (SSSR count). The third kappa shape index (κ3) is 5.99. The molecule has 3 aromatic carbocycles. The summed E-state index contributed by atoms with van der Waals surface area (Å²) in [5, 5.41) is 6.08. The fourth-order valence-corrected chi connectivity index (χ4v) is 6.43. The zero-order chi connectivity index (χ0) is 28.1. The highest BCUT2D eigenvalue weighted by Crippen LogP contribution is 2.32. The second-order valence-corrected chi connectivity index (χ2v) is 11.7. The van der Waals surface area contributed by atoms with Crippen LogP contribution in [0.3, 0.4) is 0 Å². The van der Waals surface area contributed by atoms with Gasteiger partial charge in [0.25, 0.3) is 5.91 Å². The van der Waals surface area contributed by atoms with E-state index in [9.17, 15) is 13.2 Å². The van der Waals surface area contributed by atoms with Crippen LogP contribution in [0.1, 0.15) is 22.8 Å². The largest absolute Gasteiger partial charge is 0.497 e. The van der Waals surface area contributed by atoms with Crippen LogP contribution in [-0.2, 0) is 14.8 Å². The number of fused-ring (bicyclic) bond motifs is 1. The Kier molecular flexibility index (Phi) is 8.40. The Hall–Kier alpha value is -3.84. The fraction of sp³-hybridized carbons (Fsp3) is 0.250. The van der Waals surface area contributed by atoms with Gasteiger partial charge in [0.2, 0.25) is 15.2 Å². The summed E-state index contributed by atoms with van der Waals surface area (Å²) in [5.74, 6) is 0.957. The molecule has 10 nitrogen and oxygen atoms in total. The highest BCUT2D eigenvalue weighted by Gasteiger charge is 2.27. The molecule has 1 saturated heterocycles. The van der Waals surface area contributed by atoms with Crippen LogP contribution in [0.25, 0.3) is 10.2 Å². The normalized spacial score (nSPS) is 14.4. The predicted molar refractivity (Wildman–Crippen MR) is 154 cm³/mol. The van der Waals surface area contributed by atoms with Crippen molar-refractivity contribution in [3.05, 3.63) is 77.9 Å². The summed E-state index contributed by atoms with van der Waals surface area (Å²) in [4.78, 5) is 18.5. The molecule has 0 atom stereocenters. The van der Waals surface area contributed by atoms with Gasteiger partial charge >= 0.3 is 0 Å². The maximum absolute atomic E-state index is 13.7. The lowest BCUT2D eigenvalue weighted by Crippen LogP contribution is -2.40. The highest BCUT2D eigenvalue weighted by atomic mass is 32.2. The van der Waals surface area contributed by atoms with E-state index in [0.717, 1.165) is 16.0 Å². The molecule has 0 aliphatic carbocycles. The van der Waals surface area contributed by atoms with Crippen molar-refractivity contribution in [2.24, 2.45) is 5.10 Å². The number of nitrogens with zero attached hydrogens (tertiary/aromatic N) is 4. The van der Waals surface area contributed by atoms with Crippen molar-refractivity contribution in [2.45, 2.75) is 11.8 Å². The zero-order valence-electron chi connectivity index (χ0n) is 22.0. The van der Waals surface area contributed by atoms with Gasteiger partial charge in [0.15, 0.2) is 0 Å². The first kappa shape index (κ1) is 27.7. The lowest BCUT2D eigenvalue weighted by Gasteiger charge is -2.26. The van der Waals surface area contributed by atoms with E-state index in [1.54, 1.807) is 19.4 Å². The number of ether oxygens (including phenoxy) is 3. The molecule has 40 heavy (non-hydrogen) atoms. The van der Waals surface area contributed by atoms with Gasteiger partial charge in [-0.05, 0) is 79.2 Å². The molecule has 1 fully saturated rings. The van der Waals surface area contributed by atoms with E-state index in [1.807, 2.05) is 43.3 Å². The van der Waals surface area contributed by atoms with E-state index in [4.69, 9.17) is 14.2 Å². The second kappa shape index (κ2) is 12.1. The summed E-state index contributed by atoms with van der Waals surface area (Å²) in [7, 11) is -2.10. The number of rotatable bonds is 9. The lowest BCUT2D eigenvalue weighted by atomic mass is 10.2. The number of methoxy groups -OCH3 is 1. The van der Waals surface area contributed by atoms with Gasteiger partial charge in [0.1, 0.15) is 11.5 Å². The van der Waals surface area contributed by atoms with E-state index in [1.165, 1.54) is 44.9 Å². The number of anilines is 1. The Morgan fingerprint density at radius 3 is 2.45 bits per heavy atom. The molecule has 1 aliphatic heterocycles. The van der Waals surface area contributed by atoms with Crippen molar-refractivity contribution in [1.29, 1.82) is 0 Å². The monoisotopic (exact) mass is 580 g/mol. The third-order valence-electron chi connectivity index (χ3n) is 6.18. The maximum Gasteiger partial charge on any atom is 0.280 e. The Bertz CT molecular complexity index is 1610. The van der Waals surface area contributed by atoms with Crippen molar-refractivity contribution in [3.8, 4) is 11.5 Å². The van der Waals surface area contributed by atoms with E-state index in [-0.39, 0.29) is 10.5 Å². The van der Waals surface area contributed by atoms with Crippen LogP contribution >= 0.6 is 11.3 Å². The molecule has 12 heteroatoms. The molecule has 208 valence electrons. The van der Waals surface area contributed by atoms with Gasteiger partial charge < -0.3 is 14.2 Å². The SMILES string of the molecule is CCOc1ccc(/C=N/N(C(=O)c2ccc(S(=O)(=O)N3CCOCC3)cc2)c2nc3ccc(OC)cc3s2)cc1. The highest BCUT2D eigenvalue weighted by molar-refractivity contribution is 7.89. The number of amides is 1. The number of carbonyl (C=O) groups is 1. The first-order valence-electron chi connectivity index (χ1n) is 12.6. The number of morpholine rings is 1. The van der Waals surface area contributed by atoms with E-state index in [0.29, 0.717) is 49.3 Å². The van der Waals surface area contributed by atoms with Crippen LogP contribution in [0, 0.1) is 0 Å². The molecule has 0 saturated carbocycles. The smallest absolute Gasteiger partial charge is 0.280 e. The van der Waals surface area contributed by atoms with E-state index < -0.39 is 15.9 Å². The molecule has 2 heterocycles. The molecule has 0 unspecified atom stereocenters.